The summed E-state index contributed by atoms with van der Waals surface area (Å²) in [4.78, 5) is 0. The lowest BCUT2D eigenvalue weighted by Crippen LogP contribution is -2.28. The van der Waals surface area contributed by atoms with Gasteiger partial charge in [-0.1, -0.05) is 147 Å². The standard InChI is InChI=1S/C40H30O/c1-39(2)35-21-11-12-23-37(35)41-38-30(19-13-22-36(38)39)27-24-25-34-32(26-27)31-18-9-10-20-33(31)40(34,28-14-5-3-6-15-28)29-16-7-4-8-17-29/h3-26H,1-2H3. The minimum atomic E-state index is -0.388. The molecular formula is C40H30O. The number of hydrogen-bond donors (Lipinski definition) is 0. The van der Waals surface area contributed by atoms with Crippen molar-refractivity contribution in [2.75, 3.05) is 0 Å². The Morgan fingerprint density at radius 2 is 1.00 bits per heavy atom. The van der Waals surface area contributed by atoms with Crippen LogP contribution in [0.15, 0.2) is 146 Å². The Hall–Kier alpha value is -4.88. The molecule has 1 aliphatic carbocycles. The monoisotopic (exact) mass is 526 g/mol. The second kappa shape index (κ2) is 8.81. The highest BCUT2D eigenvalue weighted by Crippen LogP contribution is 2.57. The van der Waals surface area contributed by atoms with E-state index in [9.17, 15) is 0 Å². The van der Waals surface area contributed by atoms with Crippen LogP contribution in [-0.4, -0.2) is 0 Å². The van der Waals surface area contributed by atoms with Crippen LogP contribution in [0.2, 0.25) is 0 Å². The van der Waals surface area contributed by atoms with Crippen molar-refractivity contribution in [2.24, 2.45) is 0 Å². The summed E-state index contributed by atoms with van der Waals surface area (Å²) in [5.41, 5.74) is 12.0. The SMILES string of the molecule is CC1(C)c2ccccc2Oc2c(-c3ccc4c(c3)-c3ccccc3C4(c3ccccc3)c3ccccc3)cccc21. The zero-order valence-corrected chi connectivity index (χ0v) is 23.3. The number of rotatable bonds is 3. The van der Waals surface area contributed by atoms with E-state index in [4.69, 9.17) is 4.74 Å². The quantitative estimate of drug-likeness (QED) is 0.223. The van der Waals surface area contributed by atoms with E-state index in [0.29, 0.717) is 0 Å². The Kier molecular flexibility index (Phi) is 5.15. The van der Waals surface area contributed by atoms with E-state index in [1.165, 1.54) is 50.1 Å². The normalized spacial score (nSPS) is 15.2. The molecule has 0 spiro atoms. The molecular weight excluding hydrogens is 496 g/mol. The fourth-order valence-electron chi connectivity index (χ4n) is 7.31. The van der Waals surface area contributed by atoms with Crippen LogP contribution in [0.5, 0.6) is 11.5 Å². The molecule has 0 radical (unpaired) electrons. The number of hydrogen-bond acceptors (Lipinski definition) is 1. The average Bonchev–Trinajstić information content (AvgIpc) is 3.32. The van der Waals surface area contributed by atoms with Crippen LogP contribution in [0.25, 0.3) is 22.3 Å². The van der Waals surface area contributed by atoms with Crippen molar-refractivity contribution in [3.8, 4) is 33.8 Å². The van der Waals surface area contributed by atoms with Gasteiger partial charge in [-0.25, -0.2) is 0 Å². The van der Waals surface area contributed by atoms with Gasteiger partial charge in [0.05, 0.1) is 5.41 Å². The Labute approximate surface area is 241 Å². The summed E-state index contributed by atoms with van der Waals surface area (Å²) in [5, 5.41) is 0. The van der Waals surface area contributed by atoms with Gasteiger partial charge >= 0.3 is 0 Å². The van der Waals surface area contributed by atoms with Crippen LogP contribution in [0.3, 0.4) is 0 Å². The lowest BCUT2D eigenvalue weighted by Gasteiger charge is -2.35. The molecule has 1 heterocycles. The molecule has 0 saturated heterocycles. The largest absolute Gasteiger partial charge is 0.456 e. The lowest BCUT2D eigenvalue weighted by atomic mass is 9.67. The Bertz CT molecular complexity index is 1890. The maximum absolute atomic E-state index is 6.67. The van der Waals surface area contributed by atoms with E-state index in [-0.39, 0.29) is 10.8 Å². The molecule has 0 fully saturated rings. The van der Waals surface area contributed by atoms with E-state index in [2.05, 4.69) is 159 Å². The third kappa shape index (κ3) is 3.30. The second-order valence-electron chi connectivity index (χ2n) is 11.7. The van der Waals surface area contributed by atoms with E-state index in [1.807, 2.05) is 0 Å². The van der Waals surface area contributed by atoms with Crippen LogP contribution < -0.4 is 4.74 Å². The maximum atomic E-state index is 6.67. The average molecular weight is 527 g/mol. The minimum Gasteiger partial charge on any atom is -0.456 e. The summed E-state index contributed by atoms with van der Waals surface area (Å²) in [6.45, 7) is 4.59. The molecule has 6 aromatic carbocycles. The molecule has 0 bridgehead atoms. The van der Waals surface area contributed by atoms with Gasteiger partial charge in [-0.3, -0.25) is 0 Å². The molecule has 0 unspecified atom stereocenters. The summed E-state index contributed by atoms with van der Waals surface area (Å²) in [5.74, 6) is 1.90. The molecule has 0 atom stereocenters. The predicted octanol–water partition coefficient (Wildman–Crippen LogP) is 10.1. The second-order valence-corrected chi connectivity index (χ2v) is 11.7. The lowest BCUT2D eigenvalue weighted by molar-refractivity contribution is 0.419. The molecule has 0 saturated carbocycles. The first-order valence-corrected chi connectivity index (χ1v) is 14.4. The van der Waals surface area contributed by atoms with Gasteiger partial charge in [0.25, 0.3) is 0 Å². The zero-order valence-electron chi connectivity index (χ0n) is 23.3. The first-order valence-electron chi connectivity index (χ1n) is 14.4. The molecule has 8 rings (SSSR count). The summed E-state index contributed by atoms with van der Waals surface area (Å²) in [7, 11) is 0. The molecule has 41 heavy (non-hydrogen) atoms. The highest BCUT2D eigenvalue weighted by atomic mass is 16.5. The third-order valence-electron chi connectivity index (χ3n) is 9.23. The molecule has 2 aliphatic rings. The number of para-hydroxylation sites is 2. The van der Waals surface area contributed by atoms with Crippen LogP contribution in [0.1, 0.15) is 47.2 Å². The number of fused-ring (bicyclic) bond motifs is 5. The van der Waals surface area contributed by atoms with Crippen molar-refractivity contribution in [1.29, 1.82) is 0 Å². The summed E-state index contributed by atoms with van der Waals surface area (Å²) in [6, 6.07) is 52.9. The van der Waals surface area contributed by atoms with Crippen LogP contribution in [-0.2, 0) is 10.8 Å². The van der Waals surface area contributed by atoms with Crippen molar-refractivity contribution < 1.29 is 4.74 Å². The molecule has 6 aromatic rings. The molecule has 0 amide bonds. The third-order valence-corrected chi connectivity index (χ3v) is 9.23. The van der Waals surface area contributed by atoms with E-state index in [0.717, 1.165) is 17.1 Å². The first kappa shape index (κ1) is 24.0. The van der Waals surface area contributed by atoms with Gasteiger partial charge in [0, 0.05) is 22.1 Å². The highest BCUT2D eigenvalue weighted by Gasteiger charge is 2.46. The number of ether oxygens (including phenoxy) is 1. The Balaban J connectivity index is 1.38. The van der Waals surface area contributed by atoms with Crippen molar-refractivity contribution in [2.45, 2.75) is 24.7 Å². The molecule has 0 aromatic heterocycles. The van der Waals surface area contributed by atoms with Crippen LogP contribution in [0, 0.1) is 0 Å². The molecule has 0 N–H and O–H groups in total. The van der Waals surface area contributed by atoms with E-state index < -0.39 is 0 Å². The first-order chi connectivity index (χ1) is 20.1. The summed E-state index contributed by atoms with van der Waals surface area (Å²) >= 11 is 0. The molecule has 196 valence electrons. The fourth-order valence-corrected chi connectivity index (χ4v) is 7.31. The van der Waals surface area contributed by atoms with Crippen LogP contribution >= 0.6 is 0 Å². The predicted molar refractivity (Wildman–Crippen MR) is 168 cm³/mol. The number of benzene rings is 6. The fraction of sp³-hybridized carbons (Fsp3) is 0.100. The summed E-state index contributed by atoms with van der Waals surface area (Å²) in [6.07, 6.45) is 0. The summed E-state index contributed by atoms with van der Waals surface area (Å²) < 4.78 is 6.67. The molecule has 1 aliphatic heterocycles. The van der Waals surface area contributed by atoms with E-state index >= 15 is 0 Å². The van der Waals surface area contributed by atoms with Gasteiger partial charge in [0.15, 0.2) is 0 Å². The minimum absolute atomic E-state index is 0.153. The molecule has 1 heteroatoms. The van der Waals surface area contributed by atoms with Gasteiger partial charge < -0.3 is 4.74 Å². The van der Waals surface area contributed by atoms with Crippen molar-refractivity contribution in [3.63, 3.8) is 0 Å². The maximum Gasteiger partial charge on any atom is 0.139 e. The van der Waals surface area contributed by atoms with Gasteiger partial charge in [0.1, 0.15) is 11.5 Å². The van der Waals surface area contributed by atoms with Crippen molar-refractivity contribution >= 4 is 0 Å². The topological polar surface area (TPSA) is 9.23 Å². The Morgan fingerprint density at radius 3 is 1.73 bits per heavy atom. The van der Waals surface area contributed by atoms with Gasteiger partial charge in [-0.2, -0.15) is 0 Å². The van der Waals surface area contributed by atoms with Crippen LogP contribution in [0.4, 0.5) is 0 Å². The van der Waals surface area contributed by atoms with Gasteiger partial charge in [-0.15, -0.1) is 0 Å². The Morgan fingerprint density at radius 1 is 0.439 bits per heavy atom. The molecule has 1 nitrogen and oxygen atoms in total. The zero-order chi connectivity index (χ0) is 27.6. The van der Waals surface area contributed by atoms with E-state index in [1.54, 1.807) is 0 Å². The van der Waals surface area contributed by atoms with Gasteiger partial charge in [-0.05, 0) is 51.1 Å². The van der Waals surface area contributed by atoms with Crippen molar-refractivity contribution in [1.82, 2.24) is 0 Å². The smallest absolute Gasteiger partial charge is 0.139 e. The van der Waals surface area contributed by atoms with Crippen molar-refractivity contribution in [3.05, 3.63) is 179 Å². The highest BCUT2D eigenvalue weighted by molar-refractivity contribution is 5.90. The van der Waals surface area contributed by atoms with Gasteiger partial charge in [0.2, 0.25) is 0 Å².